The number of nitriles is 1. The molecule has 0 saturated carbocycles. The van der Waals surface area contributed by atoms with Gasteiger partial charge in [-0.25, -0.2) is 15.0 Å². The smallest absolute Gasteiger partial charge is 0.178 e. The van der Waals surface area contributed by atoms with Crippen LogP contribution >= 0.6 is 0 Å². The minimum absolute atomic E-state index is 0.582. The molecule has 0 bridgehead atoms. The highest BCUT2D eigenvalue weighted by Crippen LogP contribution is 2.19. The summed E-state index contributed by atoms with van der Waals surface area (Å²) in [5.41, 5.74) is 5.52. The molecule has 3 aromatic rings. The highest BCUT2D eigenvalue weighted by atomic mass is 16.5. The average molecular weight is 328 g/mol. The van der Waals surface area contributed by atoms with E-state index in [1.807, 2.05) is 42.6 Å². The van der Waals surface area contributed by atoms with Gasteiger partial charge in [0.05, 0.1) is 30.5 Å². The molecule has 0 aliphatic carbocycles. The van der Waals surface area contributed by atoms with Crippen LogP contribution in [-0.2, 0) is 24.2 Å². The molecule has 1 aliphatic heterocycles. The Morgan fingerprint density at radius 1 is 1.12 bits per heavy atom. The summed E-state index contributed by atoms with van der Waals surface area (Å²) >= 11 is 0. The fourth-order valence-electron chi connectivity index (χ4n) is 2.92. The van der Waals surface area contributed by atoms with E-state index < -0.39 is 0 Å². The first-order valence-corrected chi connectivity index (χ1v) is 8.20. The van der Waals surface area contributed by atoms with Gasteiger partial charge in [-0.3, -0.25) is 0 Å². The average Bonchev–Trinajstić information content (AvgIpc) is 2.68. The van der Waals surface area contributed by atoms with Crippen LogP contribution in [0.15, 0.2) is 48.7 Å². The maximum absolute atomic E-state index is 9.03. The molecule has 5 nitrogen and oxygen atoms in total. The molecule has 0 atom stereocenters. The third-order valence-corrected chi connectivity index (χ3v) is 4.17. The second-order valence-corrected chi connectivity index (χ2v) is 5.97. The number of hydrogen-bond donors (Lipinski definition) is 0. The van der Waals surface area contributed by atoms with Gasteiger partial charge in [-0.1, -0.05) is 18.2 Å². The summed E-state index contributed by atoms with van der Waals surface area (Å²) in [5, 5.41) is 9.03. The number of rotatable bonds is 3. The Balaban J connectivity index is 1.62. The zero-order chi connectivity index (χ0) is 17.1. The van der Waals surface area contributed by atoms with Crippen LogP contribution in [0.3, 0.4) is 0 Å². The van der Waals surface area contributed by atoms with Gasteiger partial charge in [-0.15, -0.1) is 0 Å². The molecular weight excluding hydrogens is 312 g/mol. The Bertz CT molecular complexity index is 962. The normalized spacial score (nSPS) is 13.1. The van der Waals surface area contributed by atoms with E-state index in [-0.39, 0.29) is 0 Å². The molecule has 4 rings (SSSR count). The van der Waals surface area contributed by atoms with Crippen LogP contribution in [0.25, 0.3) is 11.5 Å². The fourth-order valence-corrected chi connectivity index (χ4v) is 2.92. The minimum atomic E-state index is 0.582. The Labute approximate surface area is 146 Å². The lowest BCUT2D eigenvalue weighted by atomic mass is 10.1. The molecule has 5 heteroatoms. The standard InChI is InChI=1S/C20H16N4O/c21-11-15-4-1-3-14(9-15)10-17-5-2-6-19(23-17)20-22-12-16-13-25-8-7-18(16)24-20/h1-6,9,12H,7-8,10,13H2. The van der Waals surface area contributed by atoms with E-state index in [2.05, 4.69) is 16.0 Å². The summed E-state index contributed by atoms with van der Waals surface area (Å²) < 4.78 is 5.43. The second-order valence-electron chi connectivity index (χ2n) is 5.97. The summed E-state index contributed by atoms with van der Waals surface area (Å²) in [5.74, 6) is 0.647. The Hall–Kier alpha value is -3.10. The number of aromatic nitrogens is 3. The van der Waals surface area contributed by atoms with Gasteiger partial charge >= 0.3 is 0 Å². The van der Waals surface area contributed by atoms with Gasteiger partial charge in [0.15, 0.2) is 5.82 Å². The SMILES string of the molecule is N#Cc1cccc(Cc2cccc(-c3ncc4c(n3)CCOC4)n2)c1. The molecule has 0 radical (unpaired) electrons. The molecule has 0 N–H and O–H groups in total. The highest BCUT2D eigenvalue weighted by molar-refractivity contribution is 5.50. The third kappa shape index (κ3) is 3.39. The zero-order valence-corrected chi connectivity index (χ0v) is 13.6. The predicted molar refractivity (Wildman–Crippen MR) is 92.6 cm³/mol. The molecule has 0 spiro atoms. The number of benzene rings is 1. The van der Waals surface area contributed by atoms with Gasteiger partial charge in [0, 0.05) is 30.3 Å². The van der Waals surface area contributed by atoms with Crippen molar-refractivity contribution < 1.29 is 4.74 Å². The van der Waals surface area contributed by atoms with Gasteiger partial charge in [0.1, 0.15) is 5.69 Å². The first-order chi connectivity index (χ1) is 12.3. The Morgan fingerprint density at radius 2 is 2.04 bits per heavy atom. The summed E-state index contributed by atoms with van der Waals surface area (Å²) in [6.45, 7) is 1.28. The van der Waals surface area contributed by atoms with Gasteiger partial charge < -0.3 is 4.74 Å². The van der Waals surface area contributed by atoms with Crippen LogP contribution in [0.2, 0.25) is 0 Å². The van der Waals surface area contributed by atoms with Crippen LogP contribution in [0.4, 0.5) is 0 Å². The molecule has 1 aromatic carbocycles. The minimum Gasteiger partial charge on any atom is -0.376 e. The molecular formula is C20H16N4O. The summed E-state index contributed by atoms with van der Waals surface area (Å²) in [6.07, 6.45) is 3.31. The molecule has 2 aromatic heterocycles. The van der Waals surface area contributed by atoms with Crippen LogP contribution in [0, 0.1) is 11.3 Å². The van der Waals surface area contributed by atoms with Crippen LogP contribution in [0.5, 0.6) is 0 Å². The maximum atomic E-state index is 9.03. The molecule has 25 heavy (non-hydrogen) atoms. The molecule has 0 saturated heterocycles. The van der Waals surface area contributed by atoms with E-state index in [1.54, 1.807) is 6.07 Å². The van der Waals surface area contributed by atoms with Gasteiger partial charge in [-0.2, -0.15) is 5.26 Å². The summed E-state index contributed by atoms with van der Waals surface area (Å²) in [4.78, 5) is 13.8. The number of nitrogens with zero attached hydrogens (tertiary/aromatic N) is 4. The number of pyridine rings is 1. The van der Waals surface area contributed by atoms with Gasteiger partial charge in [0.2, 0.25) is 0 Å². The van der Waals surface area contributed by atoms with Crippen LogP contribution < -0.4 is 0 Å². The van der Waals surface area contributed by atoms with Crippen molar-refractivity contribution in [2.24, 2.45) is 0 Å². The fraction of sp³-hybridized carbons (Fsp3) is 0.200. The Kier molecular flexibility index (Phi) is 4.19. The van der Waals surface area contributed by atoms with Crippen molar-refractivity contribution >= 4 is 0 Å². The van der Waals surface area contributed by atoms with E-state index in [0.29, 0.717) is 31.0 Å². The summed E-state index contributed by atoms with van der Waals surface area (Å²) in [7, 11) is 0. The van der Waals surface area contributed by atoms with E-state index in [9.17, 15) is 0 Å². The lowest BCUT2D eigenvalue weighted by Gasteiger charge is -2.15. The number of ether oxygens (including phenoxy) is 1. The first kappa shape index (κ1) is 15.4. The van der Waals surface area contributed by atoms with E-state index >= 15 is 0 Å². The van der Waals surface area contributed by atoms with E-state index in [1.165, 1.54) is 0 Å². The monoisotopic (exact) mass is 328 g/mol. The van der Waals surface area contributed by atoms with Crippen molar-refractivity contribution in [1.29, 1.82) is 5.26 Å². The molecule has 122 valence electrons. The number of fused-ring (bicyclic) bond motifs is 1. The number of hydrogen-bond acceptors (Lipinski definition) is 5. The predicted octanol–water partition coefficient (Wildman–Crippen LogP) is 3.07. The third-order valence-electron chi connectivity index (χ3n) is 4.17. The van der Waals surface area contributed by atoms with Crippen LogP contribution in [-0.4, -0.2) is 21.6 Å². The topological polar surface area (TPSA) is 71.7 Å². The van der Waals surface area contributed by atoms with Gasteiger partial charge in [0.25, 0.3) is 0 Å². The molecule has 1 aliphatic rings. The van der Waals surface area contributed by atoms with E-state index in [4.69, 9.17) is 15.0 Å². The summed E-state index contributed by atoms with van der Waals surface area (Å²) in [6, 6.07) is 15.6. The molecule has 0 unspecified atom stereocenters. The quantitative estimate of drug-likeness (QED) is 0.739. The van der Waals surface area contributed by atoms with Crippen molar-refractivity contribution in [2.75, 3.05) is 6.61 Å². The molecule has 0 amide bonds. The zero-order valence-electron chi connectivity index (χ0n) is 13.6. The maximum Gasteiger partial charge on any atom is 0.178 e. The second kappa shape index (κ2) is 6.80. The largest absolute Gasteiger partial charge is 0.376 e. The van der Waals surface area contributed by atoms with Gasteiger partial charge in [-0.05, 0) is 29.8 Å². The van der Waals surface area contributed by atoms with Crippen LogP contribution in [0.1, 0.15) is 28.1 Å². The highest BCUT2D eigenvalue weighted by Gasteiger charge is 2.14. The van der Waals surface area contributed by atoms with E-state index in [0.717, 1.165) is 34.6 Å². The van der Waals surface area contributed by atoms with Crippen molar-refractivity contribution in [3.05, 3.63) is 76.7 Å². The lowest BCUT2D eigenvalue weighted by Crippen LogP contribution is -2.13. The van der Waals surface area contributed by atoms with Crippen molar-refractivity contribution in [3.8, 4) is 17.6 Å². The molecule has 0 fully saturated rings. The van der Waals surface area contributed by atoms with Crippen molar-refractivity contribution in [3.63, 3.8) is 0 Å². The Morgan fingerprint density at radius 3 is 2.96 bits per heavy atom. The van der Waals surface area contributed by atoms with Crippen molar-refractivity contribution in [2.45, 2.75) is 19.4 Å². The first-order valence-electron chi connectivity index (χ1n) is 8.20. The lowest BCUT2D eigenvalue weighted by molar-refractivity contribution is 0.109. The molecule has 3 heterocycles. The van der Waals surface area contributed by atoms with Crippen molar-refractivity contribution in [1.82, 2.24) is 15.0 Å².